The summed E-state index contributed by atoms with van der Waals surface area (Å²) in [5.41, 5.74) is -0.409. The molecule has 0 saturated carbocycles. The Balaban J connectivity index is 2.64. The second-order valence-electron chi connectivity index (χ2n) is 5.23. The molecular weight excluding hydrogens is 380 g/mol. The summed E-state index contributed by atoms with van der Waals surface area (Å²) in [7, 11) is 1.17. The van der Waals surface area contributed by atoms with Gasteiger partial charge in [0.1, 0.15) is 29.1 Å². The summed E-state index contributed by atoms with van der Waals surface area (Å²) in [5.74, 6) is -0.517. The predicted molar refractivity (Wildman–Crippen MR) is 86.9 cm³/mol. The summed E-state index contributed by atoms with van der Waals surface area (Å²) in [6.45, 7) is 1.94. The van der Waals surface area contributed by atoms with Gasteiger partial charge in [-0.15, -0.1) is 0 Å². The number of esters is 1. The van der Waals surface area contributed by atoms with Crippen molar-refractivity contribution >= 4 is 38.5 Å². The molecule has 0 bridgehead atoms. The third-order valence-corrected chi connectivity index (χ3v) is 4.64. The van der Waals surface area contributed by atoms with E-state index in [9.17, 15) is 20.2 Å². The van der Waals surface area contributed by atoms with Crippen LogP contribution in [0.25, 0.3) is 15.9 Å². The highest BCUT2D eigenvalue weighted by atomic mass is 79.9. The van der Waals surface area contributed by atoms with Gasteiger partial charge in [-0.05, 0) is 28.9 Å². The fraction of sp³-hybridized carbons (Fsp3) is 0.267. The van der Waals surface area contributed by atoms with E-state index in [1.54, 1.807) is 6.92 Å². The Morgan fingerprint density at radius 3 is 2.88 bits per heavy atom. The zero-order valence-electron chi connectivity index (χ0n) is 12.7. The molecule has 0 saturated heterocycles. The van der Waals surface area contributed by atoms with E-state index < -0.39 is 11.5 Å². The van der Waals surface area contributed by atoms with E-state index in [1.807, 2.05) is 6.07 Å². The third kappa shape index (κ3) is 1.99. The number of ether oxygens (including phenoxy) is 2. The summed E-state index contributed by atoms with van der Waals surface area (Å²) in [5, 5.41) is 19.0. The van der Waals surface area contributed by atoms with Crippen LogP contribution in [0, 0.1) is 16.7 Å². The fourth-order valence-electron chi connectivity index (χ4n) is 2.80. The molecule has 0 unspecified atom stereocenters. The highest BCUT2D eigenvalue weighted by molar-refractivity contribution is 9.10. The molecule has 1 aliphatic heterocycles. The number of hydrogen-bond acceptors (Lipinski definition) is 6. The molecule has 120 valence electrons. The van der Waals surface area contributed by atoms with E-state index in [4.69, 9.17) is 4.74 Å². The quantitative estimate of drug-likeness (QED) is 0.547. The Morgan fingerprint density at radius 1 is 1.58 bits per heavy atom. The van der Waals surface area contributed by atoms with Gasteiger partial charge in [0, 0.05) is 0 Å². The first-order valence-electron chi connectivity index (χ1n) is 6.87. The van der Waals surface area contributed by atoms with E-state index in [2.05, 4.69) is 25.6 Å². The van der Waals surface area contributed by atoms with Crippen molar-refractivity contribution in [2.24, 2.45) is 0 Å². The molecule has 2 aromatic rings. The predicted octanol–water partition coefficient (Wildman–Crippen LogP) is 2.86. The second-order valence-corrected chi connectivity index (χ2v) is 6.02. The van der Waals surface area contributed by atoms with Crippen LogP contribution >= 0.6 is 15.9 Å². The van der Waals surface area contributed by atoms with E-state index in [-0.39, 0.29) is 39.3 Å². The average molecular weight is 390 g/mol. The molecule has 1 aromatic carbocycles. The molecule has 0 radical (unpaired) electrons. The average Bonchev–Trinajstić information content (AvgIpc) is 2.59. The number of benzene rings is 1. The molecule has 0 spiro atoms. The van der Waals surface area contributed by atoms with Gasteiger partial charge in [0.25, 0.3) is 5.56 Å². The van der Waals surface area contributed by atoms with Crippen molar-refractivity contribution in [3.05, 3.63) is 37.0 Å². The first kappa shape index (κ1) is 16.0. The van der Waals surface area contributed by atoms with Gasteiger partial charge in [0.05, 0.1) is 17.6 Å². The molecule has 9 heteroatoms. The van der Waals surface area contributed by atoms with E-state index in [0.29, 0.717) is 11.3 Å². The fourth-order valence-corrected chi connectivity index (χ4v) is 3.38. The van der Waals surface area contributed by atoms with E-state index in [0.717, 1.165) is 0 Å². The molecule has 0 N–H and O–H groups in total. The van der Waals surface area contributed by atoms with Crippen molar-refractivity contribution in [1.82, 2.24) is 4.57 Å². The number of nitriles is 1. The Labute approximate surface area is 143 Å². The van der Waals surface area contributed by atoms with Crippen molar-refractivity contribution in [3.63, 3.8) is 0 Å². The van der Waals surface area contributed by atoms with Gasteiger partial charge in [-0.25, -0.2) is 4.79 Å². The summed E-state index contributed by atoms with van der Waals surface area (Å²) >= 11 is 3.26. The third-order valence-electron chi connectivity index (χ3n) is 3.89. The van der Waals surface area contributed by atoms with Crippen LogP contribution in [0.15, 0.2) is 15.3 Å². The maximum atomic E-state index is 12.7. The number of carbonyl (C=O) groups excluding carboxylic acids is 1. The summed E-state index contributed by atoms with van der Waals surface area (Å²) in [6, 6.07) is 2.83. The van der Waals surface area contributed by atoms with Crippen LogP contribution in [0.1, 0.15) is 28.9 Å². The smallest absolute Gasteiger partial charge is 0.413 e. The molecular formula is C15H10BrN4O4+. The molecule has 8 nitrogen and oxygen atoms in total. The molecule has 0 fully saturated rings. The second kappa shape index (κ2) is 5.62. The van der Waals surface area contributed by atoms with Crippen LogP contribution in [-0.2, 0) is 4.74 Å². The first-order valence-corrected chi connectivity index (χ1v) is 7.66. The number of halogens is 1. The molecule has 3 rings (SSSR count). The SMILES string of the molecule is COC(=O)c1cc2c([N+]#N)c(C#N)c(Br)c3c2n(c1=O)[C@@H](C)CO3. The van der Waals surface area contributed by atoms with Crippen LogP contribution in [0.2, 0.25) is 0 Å². The van der Waals surface area contributed by atoms with Gasteiger partial charge in [0.2, 0.25) is 5.39 Å². The van der Waals surface area contributed by atoms with Gasteiger partial charge in [-0.1, -0.05) is 0 Å². The van der Waals surface area contributed by atoms with E-state index >= 15 is 0 Å². The van der Waals surface area contributed by atoms with Gasteiger partial charge < -0.3 is 9.47 Å². The summed E-state index contributed by atoms with van der Waals surface area (Å²) in [6.07, 6.45) is 0. The Morgan fingerprint density at radius 2 is 2.29 bits per heavy atom. The minimum absolute atomic E-state index is 0.0376. The van der Waals surface area contributed by atoms with Crippen LogP contribution in [0.5, 0.6) is 5.75 Å². The highest BCUT2D eigenvalue weighted by Crippen LogP contribution is 2.45. The van der Waals surface area contributed by atoms with Crippen LogP contribution < -0.4 is 10.3 Å². The lowest BCUT2D eigenvalue weighted by Gasteiger charge is -2.26. The number of hydrogen-bond donors (Lipinski definition) is 0. The van der Waals surface area contributed by atoms with Crippen LogP contribution in [0.4, 0.5) is 5.69 Å². The van der Waals surface area contributed by atoms with Crippen molar-refractivity contribution in [1.29, 1.82) is 10.7 Å². The molecule has 1 aromatic heterocycles. The molecule has 0 amide bonds. The van der Waals surface area contributed by atoms with Crippen LogP contribution in [-0.4, -0.2) is 24.3 Å². The lowest BCUT2D eigenvalue weighted by atomic mass is 10.0. The van der Waals surface area contributed by atoms with Crippen molar-refractivity contribution in [2.75, 3.05) is 13.7 Å². The number of aromatic nitrogens is 1. The highest BCUT2D eigenvalue weighted by Gasteiger charge is 2.34. The maximum absolute atomic E-state index is 12.7. The molecule has 24 heavy (non-hydrogen) atoms. The first-order chi connectivity index (χ1) is 11.5. The number of carbonyl (C=O) groups is 1. The van der Waals surface area contributed by atoms with Crippen molar-refractivity contribution in [3.8, 4) is 11.8 Å². The number of pyridine rings is 1. The lowest BCUT2D eigenvalue weighted by Crippen LogP contribution is -2.34. The minimum atomic E-state index is -0.809. The Hall–Kier alpha value is -2.91. The zero-order chi connectivity index (χ0) is 17.6. The zero-order valence-corrected chi connectivity index (χ0v) is 14.2. The summed E-state index contributed by atoms with van der Waals surface area (Å²) in [4.78, 5) is 27.8. The van der Waals surface area contributed by atoms with Crippen LogP contribution in [0.3, 0.4) is 0 Å². The Bertz CT molecular complexity index is 1050. The standard InChI is InChI=1S/C15H10BrN4O4/c1-6-5-24-13-10(16)9(4-17)11(19-18)7-3-8(15(22)23-2)14(21)20(6)12(7)13/h3,6H,5H2,1-2H3/q+1/t6-/m0/s1. The van der Waals surface area contributed by atoms with Gasteiger partial charge in [0.15, 0.2) is 16.3 Å². The topological polar surface area (TPSA) is 109 Å². The Kier molecular flexibility index (Phi) is 3.74. The summed E-state index contributed by atoms with van der Waals surface area (Å²) < 4.78 is 12.0. The van der Waals surface area contributed by atoms with Crippen molar-refractivity contribution in [2.45, 2.75) is 13.0 Å². The largest absolute Gasteiger partial charge is 0.488 e. The molecule has 2 heterocycles. The van der Waals surface area contributed by atoms with Crippen molar-refractivity contribution < 1.29 is 14.3 Å². The number of rotatable bonds is 1. The number of nitrogens with zero attached hydrogens (tertiary/aromatic N) is 4. The molecule has 1 aliphatic rings. The normalized spacial score (nSPS) is 15.3. The van der Waals surface area contributed by atoms with E-state index in [1.165, 1.54) is 17.7 Å². The maximum Gasteiger partial charge on any atom is 0.413 e. The number of diazo groups is 1. The van der Waals surface area contributed by atoms with Gasteiger partial charge in [-0.2, -0.15) is 5.26 Å². The molecule has 1 atom stereocenters. The minimum Gasteiger partial charge on any atom is -0.488 e. The monoisotopic (exact) mass is 389 g/mol. The molecule has 0 aliphatic carbocycles. The lowest BCUT2D eigenvalue weighted by molar-refractivity contribution is 0.0597. The number of methoxy groups -OCH3 is 1. The van der Waals surface area contributed by atoms with Gasteiger partial charge in [-0.3, -0.25) is 9.36 Å². The van der Waals surface area contributed by atoms with Gasteiger partial charge >= 0.3 is 11.7 Å².